The van der Waals surface area contributed by atoms with Gasteiger partial charge in [-0.15, -0.1) is 0 Å². The number of ether oxygens (including phenoxy) is 1. The first kappa shape index (κ1) is 13.8. The second kappa shape index (κ2) is 6.49. The largest absolute Gasteiger partial charge is 0.382 e. The van der Waals surface area contributed by atoms with Crippen LogP contribution in [-0.2, 0) is 4.74 Å². The quantitative estimate of drug-likeness (QED) is 0.861. The summed E-state index contributed by atoms with van der Waals surface area (Å²) >= 11 is 0. The molecule has 2 N–H and O–H groups in total. The van der Waals surface area contributed by atoms with E-state index in [-0.39, 0.29) is 11.6 Å². The van der Waals surface area contributed by atoms with Crippen molar-refractivity contribution in [3.8, 4) is 0 Å². The van der Waals surface area contributed by atoms with E-state index in [0.29, 0.717) is 38.4 Å². The molecule has 1 saturated heterocycles. The molecule has 1 aliphatic rings. The topological polar surface area (TPSA) is 53.6 Å². The summed E-state index contributed by atoms with van der Waals surface area (Å²) in [6.07, 6.45) is 0. The van der Waals surface area contributed by atoms with Gasteiger partial charge in [0.05, 0.1) is 24.5 Å². The van der Waals surface area contributed by atoms with E-state index in [9.17, 15) is 9.18 Å². The van der Waals surface area contributed by atoms with Crippen LogP contribution in [0, 0.1) is 5.82 Å². The van der Waals surface area contributed by atoms with Crippen molar-refractivity contribution in [3.63, 3.8) is 0 Å². The molecule has 0 saturated carbocycles. The molecule has 2 rings (SSSR count). The summed E-state index contributed by atoms with van der Waals surface area (Å²) in [5.74, 6) is -0.728. The molecule has 104 valence electrons. The van der Waals surface area contributed by atoms with Gasteiger partial charge in [0.1, 0.15) is 5.82 Å². The third-order valence-corrected chi connectivity index (χ3v) is 2.88. The number of hydrazine groups is 1. The number of hydrogen-bond donors (Lipinski definition) is 2. The number of carbonyl (C=O) groups is 1. The number of nitrogens with one attached hydrogen (secondary N) is 2. The number of halogens is 1. The van der Waals surface area contributed by atoms with Gasteiger partial charge in [-0.1, -0.05) is 6.07 Å². The smallest absolute Gasteiger partial charge is 0.267 e. The summed E-state index contributed by atoms with van der Waals surface area (Å²) < 4.78 is 18.9. The van der Waals surface area contributed by atoms with Crippen LogP contribution in [0.2, 0.25) is 0 Å². The van der Waals surface area contributed by atoms with Crippen LogP contribution in [0.4, 0.5) is 10.1 Å². The molecule has 0 spiro atoms. The number of hydrogen-bond acceptors (Lipinski definition) is 4. The molecule has 0 atom stereocenters. The maximum absolute atomic E-state index is 13.7. The monoisotopic (exact) mass is 267 g/mol. The van der Waals surface area contributed by atoms with E-state index < -0.39 is 5.82 Å². The number of nitrogens with zero attached hydrogens (tertiary/aromatic N) is 1. The first-order valence-electron chi connectivity index (χ1n) is 6.38. The Morgan fingerprint density at radius 1 is 1.42 bits per heavy atom. The van der Waals surface area contributed by atoms with Gasteiger partial charge in [0.2, 0.25) is 0 Å². The SMILES string of the molecule is CCNc1c(F)cccc1C(=O)NN1CCOCC1. The molecule has 0 radical (unpaired) electrons. The van der Waals surface area contributed by atoms with Crippen molar-refractivity contribution in [1.82, 2.24) is 10.4 Å². The number of para-hydroxylation sites is 1. The standard InChI is InChI=1S/C13H18FN3O2/c1-2-15-12-10(4-3-5-11(12)14)13(18)16-17-6-8-19-9-7-17/h3-5,15H,2,6-9H2,1H3,(H,16,18). The highest BCUT2D eigenvalue weighted by Crippen LogP contribution is 2.19. The molecule has 0 aliphatic carbocycles. The predicted molar refractivity (Wildman–Crippen MR) is 70.4 cm³/mol. The lowest BCUT2D eigenvalue weighted by Crippen LogP contribution is -2.48. The Bertz CT molecular complexity index is 448. The molecule has 5 nitrogen and oxygen atoms in total. The van der Waals surface area contributed by atoms with Crippen molar-refractivity contribution in [2.75, 3.05) is 38.2 Å². The van der Waals surface area contributed by atoms with Gasteiger partial charge in [0.25, 0.3) is 5.91 Å². The average Bonchev–Trinajstić information content (AvgIpc) is 2.42. The summed E-state index contributed by atoms with van der Waals surface area (Å²) in [6, 6.07) is 4.48. The van der Waals surface area contributed by atoms with E-state index in [1.165, 1.54) is 12.1 Å². The van der Waals surface area contributed by atoms with Crippen molar-refractivity contribution in [2.24, 2.45) is 0 Å². The fourth-order valence-electron chi connectivity index (χ4n) is 1.95. The molecule has 1 heterocycles. The maximum Gasteiger partial charge on any atom is 0.267 e. The third kappa shape index (κ3) is 3.42. The van der Waals surface area contributed by atoms with Gasteiger partial charge >= 0.3 is 0 Å². The zero-order valence-corrected chi connectivity index (χ0v) is 10.9. The van der Waals surface area contributed by atoms with Crippen LogP contribution in [0.1, 0.15) is 17.3 Å². The molecular formula is C13H18FN3O2. The maximum atomic E-state index is 13.7. The molecule has 1 amide bonds. The molecule has 0 aromatic heterocycles. The summed E-state index contributed by atoms with van der Waals surface area (Å²) in [4.78, 5) is 12.2. The number of rotatable bonds is 4. The zero-order chi connectivity index (χ0) is 13.7. The lowest BCUT2D eigenvalue weighted by molar-refractivity contribution is 0.0126. The predicted octanol–water partition coefficient (Wildman–Crippen LogP) is 1.23. The molecule has 1 aromatic rings. The van der Waals surface area contributed by atoms with Gasteiger partial charge in [-0.2, -0.15) is 0 Å². The van der Waals surface area contributed by atoms with Crippen LogP contribution in [0.25, 0.3) is 0 Å². The number of amides is 1. The molecule has 0 unspecified atom stereocenters. The van der Waals surface area contributed by atoms with Gasteiger partial charge in [0.15, 0.2) is 0 Å². The van der Waals surface area contributed by atoms with E-state index >= 15 is 0 Å². The Labute approximate surface area is 111 Å². The normalized spacial score (nSPS) is 16.1. The Kier molecular flexibility index (Phi) is 4.70. The highest BCUT2D eigenvalue weighted by Gasteiger charge is 2.18. The van der Waals surface area contributed by atoms with E-state index in [1.54, 1.807) is 11.1 Å². The Hall–Kier alpha value is -1.66. The van der Waals surface area contributed by atoms with Crippen LogP contribution in [0.5, 0.6) is 0 Å². The molecule has 1 aromatic carbocycles. The van der Waals surface area contributed by atoms with E-state index in [2.05, 4.69) is 10.7 Å². The highest BCUT2D eigenvalue weighted by molar-refractivity contribution is 5.99. The van der Waals surface area contributed by atoms with Crippen LogP contribution >= 0.6 is 0 Å². The van der Waals surface area contributed by atoms with Crippen molar-refractivity contribution in [1.29, 1.82) is 0 Å². The molecule has 1 aliphatic heterocycles. The van der Waals surface area contributed by atoms with Crippen LogP contribution in [0.3, 0.4) is 0 Å². The third-order valence-electron chi connectivity index (χ3n) is 2.88. The van der Waals surface area contributed by atoms with Gasteiger partial charge in [-0.25, -0.2) is 9.40 Å². The van der Waals surface area contributed by atoms with Crippen molar-refractivity contribution >= 4 is 11.6 Å². The van der Waals surface area contributed by atoms with Crippen LogP contribution in [-0.4, -0.2) is 43.8 Å². The Morgan fingerprint density at radius 3 is 2.84 bits per heavy atom. The summed E-state index contributed by atoms with van der Waals surface area (Å²) in [7, 11) is 0. The Balaban J connectivity index is 2.11. The number of carbonyl (C=O) groups excluding carboxylic acids is 1. The van der Waals surface area contributed by atoms with E-state index in [1.807, 2.05) is 6.92 Å². The first-order chi connectivity index (χ1) is 9.22. The van der Waals surface area contributed by atoms with Gasteiger partial charge in [0, 0.05) is 19.6 Å². The van der Waals surface area contributed by atoms with E-state index in [4.69, 9.17) is 4.74 Å². The average molecular weight is 267 g/mol. The summed E-state index contributed by atoms with van der Waals surface area (Å²) in [5, 5.41) is 4.67. The van der Waals surface area contributed by atoms with Crippen molar-refractivity contribution in [2.45, 2.75) is 6.92 Å². The molecular weight excluding hydrogens is 249 g/mol. The summed E-state index contributed by atoms with van der Waals surface area (Å²) in [5.41, 5.74) is 3.33. The second-order valence-corrected chi connectivity index (χ2v) is 4.23. The fraction of sp³-hybridized carbons (Fsp3) is 0.462. The molecule has 1 fully saturated rings. The number of anilines is 1. The number of morpholine rings is 1. The molecule has 6 heteroatoms. The van der Waals surface area contributed by atoms with Crippen molar-refractivity contribution in [3.05, 3.63) is 29.6 Å². The van der Waals surface area contributed by atoms with E-state index in [0.717, 1.165) is 0 Å². The zero-order valence-electron chi connectivity index (χ0n) is 10.9. The minimum absolute atomic E-state index is 0.246. The number of benzene rings is 1. The minimum Gasteiger partial charge on any atom is -0.382 e. The highest BCUT2D eigenvalue weighted by atomic mass is 19.1. The van der Waals surface area contributed by atoms with Crippen LogP contribution in [0.15, 0.2) is 18.2 Å². The minimum atomic E-state index is -0.420. The van der Waals surface area contributed by atoms with Gasteiger partial charge in [-0.3, -0.25) is 10.2 Å². The second-order valence-electron chi connectivity index (χ2n) is 4.23. The molecule has 0 bridgehead atoms. The summed E-state index contributed by atoms with van der Waals surface area (Å²) in [6.45, 7) is 4.86. The fourth-order valence-corrected chi connectivity index (χ4v) is 1.95. The lowest BCUT2D eigenvalue weighted by Gasteiger charge is -2.27. The first-order valence-corrected chi connectivity index (χ1v) is 6.38. The molecule has 19 heavy (non-hydrogen) atoms. The lowest BCUT2D eigenvalue weighted by atomic mass is 10.1. The van der Waals surface area contributed by atoms with Gasteiger partial charge < -0.3 is 10.1 Å². The van der Waals surface area contributed by atoms with Crippen LogP contribution < -0.4 is 10.7 Å². The Morgan fingerprint density at radius 2 is 2.16 bits per heavy atom. The van der Waals surface area contributed by atoms with Crippen molar-refractivity contribution < 1.29 is 13.9 Å². The van der Waals surface area contributed by atoms with Gasteiger partial charge in [-0.05, 0) is 19.1 Å².